The predicted molar refractivity (Wildman–Crippen MR) is 66.0 cm³/mol. The molecule has 4 heteroatoms. The summed E-state index contributed by atoms with van der Waals surface area (Å²) in [6, 6.07) is 9.50. The average molecular weight is 242 g/mol. The van der Waals surface area contributed by atoms with Crippen LogP contribution in [0.2, 0.25) is 0 Å². The van der Waals surface area contributed by atoms with E-state index in [0.29, 0.717) is 12.1 Å². The minimum absolute atomic E-state index is 0.0732. The van der Waals surface area contributed by atoms with Gasteiger partial charge >= 0.3 is 0 Å². The number of anilines is 1. The standard InChI is InChI=1S/C14H11FN2O/c15-10-3-5-11(6-4-10)17-9-7-13-12(14(17)18)2-1-8-16-13/h1-6,8H,7,9H2. The lowest BCUT2D eigenvalue weighted by Crippen LogP contribution is -2.38. The molecule has 0 fully saturated rings. The van der Waals surface area contributed by atoms with Gasteiger partial charge in [0.25, 0.3) is 5.91 Å². The van der Waals surface area contributed by atoms with Crippen LogP contribution in [-0.2, 0) is 6.42 Å². The Bertz CT molecular complexity index is 595. The molecule has 1 aliphatic heterocycles. The zero-order valence-electron chi connectivity index (χ0n) is 9.64. The number of halogens is 1. The molecule has 90 valence electrons. The molecule has 0 atom stereocenters. The number of carbonyl (C=O) groups is 1. The number of benzene rings is 1. The van der Waals surface area contributed by atoms with Crippen molar-refractivity contribution in [3.8, 4) is 0 Å². The summed E-state index contributed by atoms with van der Waals surface area (Å²) in [5, 5.41) is 0. The van der Waals surface area contributed by atoms with Crippen molar-refractivity contribution in [2.24, 2.45) is 0 Å². The Morgan fingerprint density at radius 1 is 1.17 bits per heavy atom. The number of carbonyl (C=O) groups excluding carboxylic acids is 1. The Labute approximate surface area is 104 Å². The van der Waals surface area contributed by atoms with E-state index in [1.807, 2.05) is 0 Å². The summed E-state index contributed by atoms with van der Waals surface area (Å²) >= 11 is 0. The SMILES string of the molecule is O=C1c2cccnc2CCN1c1ccc(F)cc1. The zero-order chi connectivity index (χ0) is 12.5. The summed E-state index contributed by atoms with van der Waals surface area (Å²) < 4.78 is 12.9. The topological polar surface area (TPSA) is 33.2 Å². The van der Waals surface area contributed by atoms with E-state index < -0.39 is 0 Å². The highest BCUT2D eigenvalue weighted by molar-refractivity contribution is 6.07. The van der Waals surface area contributed by atoms with Crippen molar-refractivity contribution in [1.82, 2.24) is 4.98 Å². The molecule has 1 aromatic heterocycles. The molecular weight excluding hydrogens is 231 g/mol. The van der Waals surface area contributed by atoms with Crippen LogP contribution >= 0.6 is 0 Å². The highest BCUT2D eigenvalue weighted by Gasteiger charge is 2.25. The van der Waals surface area contributed by atoms with Gasteiger partial charge in [-0.15, -0.1) is 0 Å². The third kappa shape index (κ3) is 1.76. The molecule has 18 heavy (non-hydrogen) atoms. The molecule has 0 saturated carbocycles. The van der Waals surface area contributed by atoms with Crippen LogP contribution in [0.4, 0.5) is 10.1 Å². The highest BCUT2D eigenvalue weighted by Crippen LogP contribution is 2.23. The smallest absolute Gasteiger partial charge is 0.260 e. The Kier molecular flexibility index (Phi) is 2.55. The van der Waals surface area contributed by atoms with Crippen molar-refractivity contribution in [2.75, 3.05) is 11.4 Å². The van der Waals surface area contributed by atoms with Gasteiger partial charge in [-0.25, -0.2) is 4.39 Å². The van der Waals surface area contributed by atoms with Gasteiger partial charge in [-0.05, 0) is 36.4 Å². The van der Waals surface area contributed by atoms with Crippen LogP contribution in [0.15, 0.2) is 42.6 Å². The Morgan fingerprint density at radius 2 is 1.94 bits per heavy atom. The molecule has 2 heterocycles. The van der Waals surface area contributed by atoms with E-state index in [2.05, 4.69) is 4.98 Å². The molecular formula is C14H11FN2O. The van der Waals surface area contributed by atoms with E-state index in [4.69, 9.17) is 0 Å². The number of hydrogen-bond acceptors (Lipinski definition) is 2. The number of fused-ring (bicyclic) bond motifs is 1. The van der Waals surface area contributed by atoms with Gasteiger partial charge in [0.15, 0.2) is 0 Å². The third-order valence-corrected chi connectivity index (χ3v) is 3.08. The predicted octanol–water partition coefficient (Wildman–Crippen LogP) is 2.42. The monoisotopic (exact) mass is 242 g/mol. The van der Waals surface area contributed by atoms with Crippen LogP contribution in [0.5, 0.6) is 0 Å². The van der Waals surface area contributed by atoms with Gasteiger partial charge in [-0.1, -0.05) is 0 Å². The molecule has 0 unspecified atom stereocenters. The molecule has 3 nitrogen and oxygen atoms in total. The van der Waals surface area contributed by atoms with Crippen molar-refractivity contribution in [3.05, 3.63) is 59.7 Å². The normalized spacial score (nSPS) is 14.5. The fraction of sp³-hybridized carbons (Fsp3) is 0.143. The molecule has 1 aliphatic rings. The lowest BCUT2D eigenvalue weighted by Gasteiger charge is -2.27. The van der Waals surface area contributed by atoms with E-state index >= 15 is 0 Å². The van der Waals surface area contributed by atoms with Gasteiger partial charge in [0.1, 0.15) is 5.82 Å². The molecule has 0 aliphatic carbocycles. The number of amides is 1. The fourth-order valence-electron chi connectivity index (χ4n) is 2.16. The molecule has 0 N–H and O–H groups in total. The maximum Gasteiger partial charge on any atom is 0.260 e. The van der Waals surface area contributed by atoms with Gasteiger partial charge in [0.2, 0.25) is 0 Å². The Morgan fingerprint density at radius 3 is 2.72 bits per heavy atom. The van der Waals surface area contributed by atoms with Crippen LogP contribution in [-0.4, -0.2) is 17.4 Å². The third-order valence-electron chi connectivity index (χ3n) is 3.08. The lowest BCUT2D eigenvalue weighted by atomic mass is 10.0. The van der Waals surface area contributed by atoms with Gasteiger partial charge in [0, 0.05) is 24.8 Å². The second-order valence-electron chi connectivity index (χ2n) is 4.18. The van der Waals surface area contributed by atoms with Crippen molar-refractivity contribution in [1.29, 1.82) is 0 Å². The first kappa shape index (κ1) is 10.9. The minimum atomic E-state index is -0.301. The molecule has 0 radical (unpaired) electrons. The summed E-state index contributed by atoms with van der Waals surface area (Å²) in [5.74, 6) is -0.374. The zero-order valence-corrected chi connectivity index (χ0v) is 9.64. The van der Waals surface area contributed by atoms with E-state index in [9.17, 15) is 9.18 Å². The van der Waals surface area contributed by atoms with E-state index in [0.717, 1.165) is 17.8 Å². The van der Waals surface area contributed by atoms with Gasteiger partial charge in [0.05, 0.1) is 11.3 Å². The number of pyridine rings is 1. The Hall–Kier alpha value is -2.23. The van der Waals surface area contributed by atoms with Crippen molar-refractivity contribution >= 4 is 11.6 Å². The van der Waals surface area contributed by atoms with E-state index in [1.54, 1.807) is 35.4 Å². The van der Waals surface area contributed by atoms with Crippen molar-refractivity contribution < 1.29 is 9.18 Å². The molecule has 1 aromatic carbocycles. The number of hydrogen-bond donors (Lipinski definition) is 0. The maximum atomic E-state index is 12.9. The van der Waals surface area contributed by atoms with E-state index in [1.165, 1.54) is 12.1 Å². The van der Waals surface area contributed by atoms with E-state index in [-0.39, 0.29) is 11.7 Å². The molecule has 0 spiro atoms. The first-order valence-corrected chi connectivity index (χ1v) is 5.77. The summed E-state index contributed by atoms with van der Waals surface area (Å²) in [4.78, 5) is 18.2. The second kappa shape index (κ2) is 4.22. The molecule has 0 saturated heterocycles. The average Bonchev–Trinajstić information content (AvgIpc) is 2.41. The maximum absolute atomic E-state index is 12.9. The van der Waals surface area contributed by atoms with Gasteiger partial charge in [-0.2, -0.15) is 0 Å². The highest BCUT2D eigenvalue weighted by atomic mass is 19.1. The number of aromatic nitrogens is 1. The molecule has 2 aromatic rings. The first-order valence-electron chi connectivity index (χ1n) is 5.77. The fourth-order valence-corrected chi connectivity index (χ4v) is 2.16. The summed E-state index contributed by atoms with van der Waals surface area (Å²) in [7, 11) is 0. The second-order valence-corrected chi connectivity index (χ2v) is 4.18. The molecule has 3 rings (SSSR count). The lowest BCUT2D eigenvalue weighted by molar-refractivity contribution is 0.0980. The van der Waals surface area contributed by atoms with Crippen LogP contribution in [0.25, 0.3) is 0 Å². The quantitative estimate of drug-likeness (QED) is 0.769. The van der Waals surface area contributed by atoms with Crippen LogP contribution in [0.3, 0.4) is 0 Å². The largest absolute Gasteiger partial charge is 0.308 e. The summed E-state index contributed by atoms with van der Waals surface area (Å²) in [6.07, 6.45) is 2.42. The number of nitrogens with zero attached hydrogens (tertiary/aromatic N) is 2. The first-order chi connectivity index (χ1) is 8.75. The van der Waals surface area contributed by atoms with Crippen molar-refractivity contribution in [3.63, 3.8) is 0 Å². The van der Waals surface area contributed by atoms with Crippen LogP contribution in [0, 0.1) is 5.82 Å². The van der Waals surface area contributed by atoms with Crippen molar-refractivity contribution in [2.45, 2.75) is 6.42 Å². The summed E-state index contributed by atoms with van der Waals surface area (Å²) in [5.41, 5.74) is 2.19. The number of rotatable bonds is 1. The van der Waals surface area contributed by atoms with Crippen LogP contribution in [0.1, 0.15) is 16.1 Å². The Balaban J connectivity index is 1.97. The summed E-state index contributed by atoms with van der Waals surface area (Å²) in [6.45, 7) is 0.578. The van der Waals surface area contributed by atoms with Crippen LogP contribution < -0.4 is 4.90 Å². The molecule has 1 amide bonds. The minimum Gasteiger partial charge on any atom is -0.308 e. The van der Waals surface area contributed by atoms with Gasteiger partial charge in [-0.3, -0.25) is 9.78 Å². The molecule has 0 bridgehead atoms. The van der Waals surface area contributed by atoms with Gasteiger partial charge < -0.3 is 4.90 Å².